The zero-order valence-corrected chi connectivity index (χ0v) is 13.2. The summed E-state index contributed by atoms with van der Waals surface area (Å²) >= 11 is 6.23. The molecule has 1 N–H and O–H groups in total. The third-order valence-electron chi connectivity index (χ3n) is 3.62. The smallest absolute Gasteiger partial charge is 0.139 e. The highest BCUT2D eigenvalue weighted by Gasteiger charge is 2.33. The van der Waals surface area contributed by atoms with Crippen LogP contribution in [0.25, 0.3) is 0 Å². The maximum Gasteiger partial charge on any atom is 0.139 e. The molecule has 0 amide bonds. The molecule has 0 aromatic carbocycles. The number of ether oxygens (including phenoxy) is 3. The Labute approximate surface area is 126 Å². The molecule has 2 aliphatic heterocycles. The number of aliphatic hydroxyl groups excluding tert-OH is 1. The van der Waals surface area contributed by atoms with Crippen molar-refractivity contribution < 1.29 is 19.3 Å². The zero-order chi connectivity index (χ0) is 13.8. The second kappa shape index (κ2) is 7.61. The van der Waals surface area contributed by atoms with Crippen molar-refractivity contribution in [1.82, 2.24) is 0 Å². The monoisotopic (exact) mass is 304 g/mol. The fourth-order valence-electron chi connectivity index (χ4n) is 2.64. The topological polar surface area (TPSA) is 47.9 Å². The van der Waals surface area contributed by atoms with Crippen LogP contribution in [0.15, 0.2) is 0 Å². The summed E-state index contributed by atoms with van der Waals surface area (Å²) in [6.07, 6.45) is 2.02. The van der Waals surface area contributed by atoms with Crippen LogP contribution in [-0.4, -0.2) is 74.7 Å². The molecule has 108 valence electrons. The van der Waals surface area contributed by atoms with E-state index in [9.17, 15) is 5.11 Å². The van der Waals surface area contributed by atoms with Crippen molar-refractivity contribution in [3.8, 4) is 0 Å². The fraction of sp³-hybridized carbons (Fsp3) is 1.00. The largest absolute Gasteiger partial charge is 0.394 e. The summed E-state index contributed by atoms with van der Waals surface area (Å²) in [6, 6.07) is 0.516. The predicted molar refractivity (Wildman–Crippen MR) is 85.7 cm³/mol. The lowest BCUT2D eigenvalue weighted by molar-refractivity contribution is 0.0222. The maximum absolute atomic E-state index is 9.24. The molecule has 2 saturated heterocycles. The van der Waals surface area contributed by atoms with Crippen molar-refractivity contribution in [2.24, 2.45) is 0 Å². The van der Waals surface area contributed by atoms with Gasteiger partial charge in [-0.1, -0.05) is 0 Å². The van der Waals surface area contributed by atoms with Gasteiger partial charge >= 0.3 is 0 Å². The second-order valence-electron chi connectivity index (χ2n) is 5.39. The molecule has 0 aliphatic carbocycles. The first-order chi connectivity index (χ1) is 9.10. The SMILES string of the molecule is B[C@H]1C[C@@H](S)[C@@H](COCS[C@@H]2C[C@H](B)O[C@@H]2CO)O1. The summed E-state index contributed by atoms with van der Waals surface area (Å²) in [7, 11) is 4.12. The summed E-state index contributed by atoms with van der Waals surface area (Å²) in [5.41, 5.74) is 0. The molecule has 6 atom stereocenters. The van der Waals surface area contributed by atoms with E-state index >= 15 is 0 Å². The van der Waals surface area contributed by atoms with Gasteiger partial charge in [-0.05, 0) is 12.8 Å². The van der Waals surface area contributed by atoms with Gasteiger partial charge in [0.1, 0.15) is 15.7 Å². The summed E-state index contributed by atoms with van der Waals surface area (Å²) in [6.45, 7) is 0.683. The Balaban J connectivity index is 1.61. The van der Waals surface area contributed by atoms with Crippen LogP contribution in [0.4, 0.5) is 0 Å². The minimum absolute atomic E-state index is 0.0519. The first kappa shape index (κ1) is 16.0. The van der Waals surface area contributed by atoms with E-state index in [0.29, 0.717) is 17.8 Å². The number of thioether (sulfide) groups is 1. The number of aliphatic hydroxyl groups is 1. The van der Waals surface area contributed by atoms with Crippen LogP contribution in [0, 0.1) is 0 Å². The van der Waals surface area contributed by atoms with Gasteiger partial charge in [0.2, 0.25) is 0 Å². The second-order valence-corrected chi connectivity index (χ2v) is 7.22. The number of hydrogen-bond donors (Lipinski definition) is 2. The number of rotatable bonds is 6. The van der Waals surface area contributed by atoms with E-state index in [4.69, 9.17) is 14.2 Å². The van der Waals surface area contributed by atoms with Gasteiger partial charge in [0.05, 0.1) is 31.4 Å². The molecular formula is C11H22B2O4S2. The van der Waals surface area contributed by atoms with Crippen LogP contribution in [0.5, 0.6) is 0 Å². The van der Waals surface area contributed by atoms with Gasteiger partial charge in [-0.3, -0.25) is 0 Å². The molecule has 0 radical (unpaired) electrons. The van der Waals surface area contributed by atoms with Crippen molar-refractivity contribution in [3.63, 3.8) is 0 Å². The van der Waals surface area contributed by atoms with Gasteiger partial charge in [-0.25, -0.2) is 0 Å². The lowest BCUT2D eigenvalue weighted by atomic mass is 9.97. The zero-order valence-electron chi connectivity index (χ0n) is 11.5. The first-order valence-electron chi connectivity index (χ1n) is 6.89. The van der Waals surface area contributed by atoms with Crippen molar-refractivity contribution >= 4 is 40.1 Å². The summed E-state index contributed by atoms with van der Waals surface area (Å²) < 4.78 is 17.0. The lowest BCUT2D eigenvalue weighted by Gasteiger charge is -2.18. The van der Waals surface area contributed by atoms with Crippen LogP contribution in [0.1, 0.15) is 12.8 Å². The Morgan fingerprint density at radius 1 is 1.21 bits per heavy atom. The standard InChI is InChI=1S/C11H22B2O4S2/c12-10-1-8(18)7(17-10)4-15-5-19-9-2-11(13)16-6(9)3-14/h6-11,14,18H,1-5,12-13H2/t6-,7-,8-,9-,10-,11-/m1/s1. The van der Waals surface area contributed by atoms with Crippen LogP contribution in [-0.2, 0) is 14.2 Å². The first-order valence-corrected chi connectivity index (χ1v) is 8.45. The molecule has 8 heteroatoms. The van der Waals surface area contributed by atoms with Gasteiger partial charge in [-0.15, -0.1) is 11.8 Å². The Morgan fingerprint density at radius 3 is 2.53 bits per heavy atom. The van der Waals surface area contributed by atoms with Crippen LogP contribution >= 0.6 is 24.4 Å². The van der Waals surface area contributed by atoms with Crippen molar-refractivity contribution in [2.45, 2.75) is 47.6 Å². The lowest BCUT2D eigenvalue weighted by Crippen LogP contribution is -2.25. The van der Waals surface area contributed by atoms with Crippen LogP contribution in [0.3, 0.4) is 0 Å². The summed E-state index contributed by atoms with van der Waals surface area (Å²) in [5, 5.41) is 9.84. The molecule has 2 fully saturated rings. The molecule has 0 saturated carbocycles. The van der Waals surface area contributed by atoms with E-state index in [1.165, 1.54) is 0 Å². The third kappa shape index (κ3) is 4.58. The average Bonchev–Trinajstić information content (AvgIpc) is 2.87. The molecule has 19 heavy (non-hydrogen) atoms. The van der Waals surface area contributed by atoms with Crippen molar-refractivity contribution in [1.29, 1.82) is 0 Å². The van der Waals surface area contributed by atoms with Crippen molar-refractivity contribution in [2.75, 3.05) is 19.2 Å². The fourth-order valence-corrected chi connectivity index (χ4v) is 4.24. The minimum atomic E-state index is -0.0519. The van der Waals surface area contributed by atoms with Gasteiger partial charge in [0.25, 0.3) is 0 Å². The normalized spacial score (nSPS) is 42.8. The molecule has 0 aromatic heterocycles. The van der Waals surface area contributed by atoms with E-state index in [0.717, 1.165) is 12.8 Å². The molecule has 2 heterocycles. The van der Waals surface area contributed by atoms with Crippen LogP contribution < -0.4 is 0 Å². The Kier molecular flexibility index (Phi) is 6.43. The number of hydrogen-bond acceptors (Lipinski definition) is 6. The van der Waals surface area contributed by atoms with E-state index in [-0.39, 0.29) is 36.1 Å². The molecule has 4 nitrogen and oxygen atoms in total. The average molecular weight is 304 g/mol. The molecule has 0 spiro atoms. The van der Waals surface area contributed by atoms with E-state index < -0.39 is 0 Å². The Bertz CT molecular complexity index is 287. The highest BCUT2D eigenvalue weighted by atomic mass is 32.2. The van der Waals surface area contributed by atoms with Crippen LogP contribution in [0.2, 0.25) is 0 Å². The third-order valence-corrected chi connectivity index (χ3v) is 5.39. The highest BCUT2D eigenvalue weighted by molar-refractivity contribution is 7.99. The summed E-state index contributed by atoms with van der Waals surface area (Å²) in [5.74, 6) is 0.617. The minimum Gasteiger partial charge on any atom is -0.394 e. The van der Waals surface area contributed by atoms with Gasteiger partial charge < -0.3 is 19.3 Å². The maximum atomic E-state index is 9.24. The van der Waals surface area contributed by atoms with Gasteiger partial charge in [-0.2, -0.15) is 12.6 Å². The van der Waals surface area contributed by atoms with Gasteiger partial charge in [0.15, 0.2) is 0 Å². The van der Waals surface area contributed by atoms with Gasteiger partial charge in [0, 0.05) is 22.5 Å². The summed E-state index contributed by atoms with van der Waals surface area (Å²) in [4.78, 5) is 0. The molecule has 2 aliphatic rings. The highest BCUT2D eigenvalue weighted by Crippen LogP contribution is 2.30. The Morgan fingerprint density at radius 2 is 1.89 bits per heavy atom. The van der Waals surface area contributed by atoms with E-state index in [1.54, 1.807) is 11.8 Å². The van der Waals surface area contributed by atoms with Crippen molar-refractivity contribution in [3.05, 3.63) is 0 Å². The molecule has 2 rings (SSSR count). The Hall–Kier alpha value is 0.670. The number of thiol groups is 1. The van der Waals surface area contributed by atoms with E-state index in [1.807, 2.05) is 7.85 Å². The molecule has 0 unspecified atom stereocenters. The quantitative estimate of drug-likeness (QED) is 0.281. The predicted octanol–water partition coefficient (Wildman–Crippen LogP) is -1.15. The molecule has 0 bridgehead atoms. The van der Waals surface area contributed by atoms with E-state index in [2.05, 4.69) is 20.5 Å². The molecular weight excluding hydrogens is 282 g/mol. The molecule has 0 aromatic rings.